The summed E-state index contributed by atoms with van der Waals surface area (Å²) in [5, 5.41) is 4.20. The molecule has 0 unspecified atom stereocenters. The van der Waals surface area contributed by atoms with Crippen molar-refractivity contribution in [3.05, 3.63) is 17.5 Å². The van der Waals surface area contributed by atoms with Gasteiger partial charge in [0, 0.05) is 11.8 Å². The van der Waals surface area contributed by atoms with Gasteiger partial charge in [0.2, 0.25) is 0 Å². The van der Waals surface area contributed by atoms with Crippen molar-refractivity contribution >= 4 is 10.2 Å². The van der Waals surface area contributed by atoms with Gasteiger partial charge < -0.3 is 0 Å². The largest absolute Gasteiger partial charge is 0.306 e. The Hall–Kier alpha value is -0.910. The highest BCUT2D eigenvalue weighted by Gasteiger charge is 2.22. The molecule has 0 aromatic carbocycles. The van der Waals surface area contributed by atoms with E-state index >= 15 is 0 Å². The fourth-order valence-corrected chi connectivity index (χ4v) is 2.34. The first-order valence-corrected chi connectivity index (χ1v) is 6.48. The van der Waals surface area contributed by atoms with Crippen molar-refractivity contribution in [2.24, 2.45) is 0 Å². The van der Waals surface area contributed by atoms with Gasteiger partial charge in [-0.25, -0.2) is 0 Å². The van der Waals surface area contributed by atoms with Crippen LogP contribution in [0.4, 0.5) is 3.89 Å². The second-order valence-electron chi connectivity index (χ2n) is 3.99. The first-order valence-electron chi connectivity index (χ1n) is 4.93. The molecular formula is C9H13FN2O2S. The van der Waals surface area contributed by atoms with Gasteiger partial charge in [-0.3, -0.25) is 4.68 Å². The summed E-state index contributed by atoms with van der Waals surface area (Å²) < 4.78 is 35.3. The molecule has 0 spiro atoms. The van der Waals surface area contributed by atoms with E-state index in [4.69, 9.17) is 0 Å². The maximum Gasteiger partial charge on any atom is 0.306 e. The van der Waals surface area contributed by atoms with Crippen molar-refractivity contribution in [3.63, 3.8) is 0 Å². The number of aromatic nitrogens is 2. The van der Waals surface area contributed by atoms with Gasteiger partial charge in [-0.05, 0) is 26.2 Å². The van der Waals surface area contributed by atoms with Gasteiger partial charge in [-0.1, -0.05) is 0 Å². The summed E-state index contributed by atoms with van der Waals surface area (Å²) in [7, 11) is -4.45. The highest BCUT2D eigenvalue weighted by molar-refractivity contribution is 7.85. The van der Waals surface area contributed by atoms with Gasteiger partial charge in [0.15, 0.2) is 0 Å². The highest BCUT2D eigenvalue weighted by Crippen LogP contribution is 2.31. The molecule has 0 radical (unpaired) electrons. The molecular weight excluding hydrogens is 219 g/mol. The topological polar surface area (TPSA) is 52.0 Å². The third-order valence-electron chi connectivity index (χ3n) is 2.80. The lowest BCUT2D eigenvalue weighted by atomic mass is 9.93. The minimum absolute atomic E-state index is 0.375. The smallest absolute Gasteiger partial charge is 0.269 e. The van der Waals surface area contributed by atoms with E-state index in [9.17, 15) is 12.3 Å². The molecule has 0 N–H and O–H groups in total. The van der Waals surface area contributed by atoms with Crippen LogP contribution >= 0.6 is 0 Å². The number of nitrogens with zero attached hydrogens (tertiary/aromatic N) is 2. The first kappa shape index (κ1) is 10.6. The zero-order chi connectivity index (χ0) is 11.1. The fourth-order valence-electron chi connectivity index (χ4n) is 1.69. The predicted molar refractivity (Wildman–Crippen MR) is 53.6 cm³/mol. The second-order valence-corrected chi connectivity index (χ2v) is 5.35. The van der Waals surface area contributed by atoms with Gasteiger partial charge in [0.1, 0.15) is 5.75 Å². The van der Waals surface area contributed by atoms with Gasteiger partial charge in [-0.15, -0.1) is 3.89 Å². The Bertz CT molecular complexity index is 462. The van der Waals surface area contributed by atoms with E-state index < -0.39 is 16.0 Å². The lowest BCUT2D eigenvalue weighted by molar-refractivity contribution is 0.288. The molecule has 4 nitrogen and oxygen atoms in total. The molecule has 1 aliphatic carbocycles. The normalized spacial score (nSPS) is 17.7. The third-order valence-corrected chi connectivity index (χ3v) is 3.45. The molecule has 1 fully saturated rings. The Morgan fingerprint density at radius 3 is 2.73 bits per heavy atom. The molecule has 84 valence electrons. The Morgan fingerprint density at radius 1 is 1.60 bits per heavy atom. The van der Waals surface area contributed by atoms with E-state index in [0.29, 0.717) is 17.3 Å². The van der Waals surface area contributed by atoms with Crippen LogP contribution in [-0.2, 0) is 16.0 Å². The summed E-state index contributed by atoms with van der Waals surface area (Å²) in [5.74, 6) is -0.564. The van der Waals surface area contributed by atoms with Gasteiger partial charge in [-0.2, -0.15) is 13.5 Å². The van der Waals surface area contributed by atoms with E-state index in [1.807, 2.05) is 0 Å². The minimum Gasteiger partial charge on any atom is -0.269 e. The van der Waals surface area contributed by atoms with Gasteiger partial charge in [0.25, 0.3) is 0 Å². The Kier molecular flexibility index (Phi) is 2.54. The predicted octanol–water partition coefficient (Wildman–Crippen LogP) is 1.72. The standard InChI is InChI=1S/C9H13FN2O2S/c1-7-8(6-15(10,13)14)5-12(11-7)9-3-2-4-9/h5,9H,2-4,6H2,1H3. The number of aryl methyl sites for hydroxylation is 1. The minimum atomic E-state index is -4.45. The molecule has 2 rings (SSSR count). The second kappa shape index (κ2) is 3.59. The lowest BCUT2D eigenvalue weighted by Gasteiger charge is -2.25. The summed E-state index contributed by atoms with van der Waals surface area (Å²) >= 11 is 0. The molecule has 0 atom stereocenters. The van der Waals surface area contributed by atoms with Crippen LogP contribution in [-0.4, -0.2) is 18.2 Å². The van der Waals surface area contributed by atoms with Crippen LogP contribution in [0.2, 0.25) is 0 Å². The van der Waals surface area contributed by atoms with Crippen LogP contribution in [0, 0.1) is 6.92 Å². The van der Waals surface area contributed by atoms with Crippen molar-refractivity contribution in [2.75, 3.05) is 0 Å². The van der Waals surface area contributed by atoms with E-state index in [2.05, 4.69) is 5.10 Å². The van der Waals surface area contributed by atoms with Crippen LogP contribution in [0.1, 0.15) is 36.6 Å². The van der Waals surface area contributed by atoms with E-state index in [-0.39, 0.29) is 0 Å². The fraction of sp³-hybridized carbons (Fsp3) is 0.667. The molecule has 0 amide bonds. The van der Waals surface area contributed by atoms with E-state index in [1.54, 1.807) is 17.8 Å². The Morgan fingerprint density at radius 2 is 2.27 bits per heavy atom. The summed E-state index contributed by atoms with van der Waals surface area (Å²) in [4.78, 5) is 0. The van der Waals surface area contributed by atoms with Crippen molar-refractivity contribution in [3.8, 4) is 0 Å². The number of rotatable bonds is 3. The molecule has 0 aliphatic heterocycles. The third kappa shape index (κ3) is 2.37. The van der Waals surface area contributed by atoms with Crippen molar-refractivity contribution in [1.82, 2.24) is 9.78 Å². The Balaban J connectivity index is 2.21. The monoisotopic (exact) mass is 232 g/mol. The molecule has 1 aromatic heterocycles. The summed E-state index contributed by atoms with van der Waals surface area (Å²) in [6.07, 6.45) is 4.97. The van der Waals surface area contributed by atoms with E-state index in [1.165, 1.54) is 6.42 Å². The van der Waals surface area contributed by atoms with Crippen LogP contribution in [0.25, 0.3) is 0 Å². The van der Waals surface area contributed by atoms with Crippen molar-refractivity contribution in [2.45, 2.75) is 38.0 Å². The summed E-state index contributed by atoms with van der Waals surface area (Å²) in [5.41, 5.74) is 1.06. The SMILES string of the molecule is Cc1nn(C2CCC2)cc1CS(=O)(=O)F. The summed E-state index contributed by atoms with van der Waals surface area (Å²) in [6, 6.07) is 0.375. The molecule has 1 aromatic rings. The lowest BCUT2D eigenvalue weighted by Crippen LogP contribution is -2.17. The number of halogens is 1. The van der Waals surface area contributed by atoms with Crippen LogP contribution in [0.3, 0.4) is 0 Å². The molecule has 0 saturated heterocycles. The van der Waals surface area contributed by atoms with Gasteiger partial charge in [0.05, 0.1) is 11.7 Å². The van der Waals surface area contributed by atoms with Crippen molar-refractivity contribution < 1.29 is 12.3 Å². The quantitative estimate of drug-likeness (QED) is 0.745. The number of hydrogen-bond acceptors (Lipinski definition) is 3. The zero-order valence-electron chi connectivity index (χ0n) is 8.48. The molecule has 6 heteroatoms. The summed E-state index contributed by atoms with van der Waals surface area (Å²) in [6.45, 7) is 1.70. The van der Waals surface area contributed by atoms with E-state index in [0.717, 1.165) is 12.8 Å². The van der Waals surface area contributed by atoms with Crippen LogP contribution in [0.15, 0.2) is 6.20 Å². The maximum absolute atomic E-state index is 12.5. The molecule has 1 saturated carbocycles. The molecule has 15 heavy (non-hydrogen) atoms. The van der Waals surface area contributed by atoms with Gasteiger partial charge >= 0.3 is 10.2 Å². The maximum atomic E-state index is 12.5. The first-order chi connectivity index (χ1) is 6.96. The highest BCUT2D eigenvalue weighted by atomic mass is 32.3. The zero-order valence-corrected chi connectivity index (χ0v) is 9.30. The average Bonchev–Trinajstić information content (AvgIpc) is 2.24. The van der Waals surface area contributed by atoms with Crippen LogP contribution < -0.4 is 0 Å². The molecule has 0 bridgehead atoms. The Labute approximate surface area is 88.3 Å². The van der Waals surface area contributed by atoms with Crippen molar-refractivity contribution in [1.29, 1.82) is 0 Å². The molecule has 1 heterocycles. The molecule has 1 aliphatic rings. The average molecular weight is 232 g/mol. The van der Waals surface area contributed by atoms with Crippen LogP contribution in [0.5, 0.6) is 0 Å². The number of hydrogen-bond donors (Lipinski definition) is 0.